The molecule has 0 atom stereocenters. The molecule has 3 N–H and O–H groups in total. The first kappa shape index (κ1) is 13.2. The number of hydrogen-bond donors (Lipinski definition) is 2. The molecular weight excluding hydrogens is 318 g/mol. The normalized spacial score (nSPS) is 10.8. The van der Waals surface area contributed by atoms with Crippen molar-refractivity contribution in [3.05, 3.63) is 28.2 Å². The van der Waals surface area contributed by atoms with Gasteiger partial charge in [0.05, 0.1) is 34.6 Å². The molecule has 0 saturated carbocycles. The van der Waals surface area contributed by atoms with Crippen LogP contribution in [0.1, 0.15) is 5.69 Å². The summed E-state index contributed by atoms with van der Waals surface area (Å²) in [5.74, 6) is -0.224. The number of amides is 1. The highest BCUT2D eigenvalue weighted by atomic mass is 35.5. The van der Waals surface area contributed by atoms with Crippen molar-refractivity contribution in [2.24, 2.45) is 0 Å². The number of halogens is 1. The van der Waals surface area contributed by atoms with Gasteiger partial charge in [-0.25, -0.2) is 4.98 Å². The Kier molecular flexibility index (Phi) is 3.51. The van der Waals surface area contributed by atoms with Crippen LogP contribution in [0, 0.1) is 0 Å². The van der Waals surface area contributed by atoms with Gasteiger partial charge in [0, 0.05) is 5.38 Å². The van der Waals surface area contributed by atoms with E-state index in [1.165, 1.54) is 11.3 Å². The van der Waals surface area contributed by atoms with Crippen LogP contribution in [0.25, 0.3) is 11.0 Å². The van der Waals surface area contributed by atoms with Crippen LogP contribution in [0.2, 0.25) is 5.02 Å². The van der Waals surface area contributed by atoms with E-state index in [0.717, 1.165) is 11.7 Å². The standard InChI is InChI=1S/C11H8ClN5OS2/c12-6-1-2-7-10(17-20-16-7)9(6)15-8(18)3-5-4-19-11(13)14-5/h1-2,4H,3H2,(H2,13,14)(H,15,18). The van der Waals surface area contributed by atoms with Crippen LogP contribution in [0.15, 0.2) is 17.5 Å². The average Bonchev–Trinajstić information content (AvgIpc) is 3.02. The highest BCUT2D eigenvalue weighted by Crippen LogP contribution is 2.30. The van der Waals surface area contributed by atoms with Gasteiger partial charge in [-0.2, -0.15) is 8.75 Å². The van der Waals surface area contributed by atoms with Crippen LogP contribution in [-0.2, 0) is 11.2 Å². The Hall–Kier alpha value is -1.77. The molecule has 9 heteroatoms. The number of rotatable bonds is 3. The maximum absolute atomic E-state index is 12.0. The van der Waals surface area contributed by atoms with Crippen molar-refractivity contribution in [1.82, 2.24) is 13.7 Å². The number of nitrogen functional groups attached to an aromatic ring is 1. The fourth-order valence-corrected chi connectivity index (χ4v) is 3.00. The highest BCUT2D eigenvalue weighted by Gasteiger charge is 2.14. The van der Waals surface area contributed by atoms with E-state index in [1.54, 1.807) is 17.5 Å². The summed E-state index contributed by atoms with van der Waals surface area (Å²) in [6, 6.07) is 3.44. The lowest BCUT2D eigenvalue weighted by Crippen LogP contribution is -2.15. The third kappa shape index (κ3) is 2.58. The molecule has 0 unspecified atom stereocenters. The lowest BCUT2D eigenvalue weighted by molar-refractivity contribution is -0.115. The second kappa shape index (κ2) is 5.31. The van der Waals surface area contributed by atoms with Gasteiger partial charge in [0.25, 0.3) is 0 Å². The molecular formula is C11H8ClN5OS2. The monoisotopic (exact) mass is 325 g/mol. The fourth-order valence-electron chi connectivity index (χ4n) is 1.70. The van der Waals surface area contributed by atoms with Gasteiger partial charge in [-0.3, -0.25) is 4.79 Å². The molecule has 20 heavy (non-hydrogen) atoms. The quantitative estimate of drug-likeness (QED) is 0.771. The molecule has 3 aromatic rings. The maximum atomic E-state index is 12.0. The van der Waals surface area contributed by atoms with Crippen LogP contribution in [0.5, 0.6) is 0 Å². The molecule has 0 bridgehead atoms. The van der Waals surface area contributed by atoms with Crippen molar-refractivity contribution in [3.8, 4) is 0 Å². The number of fused-ring (bicyclic) bond motifs is 1. The van der Waals surface area contributed by atoms with Crippen molar-refractivity contribution in [2.75, 3.05) is 11.1 Å². The lowest BCUT2D eigenvalue weighted by Gasteiger charge is -2.06. The van der Waals surface area contributed by atoms with Crippen molar-refractivity contribution in [2.45, 2.75) is 6.42 Å². The number of nitrogens with zero attached hydrogens (tertiary/aromatic N) is 3. The topological polar surface area (TPSA) is 93.8 Å². The first-order valence-electron chi connectivity index (χ1n) is 5.54. The Balaban J connectivity index is 1.83. The van der Waals surface area contributed by atoms with E-state index in [1.807, 2.05) is 0 Å². The smallest absolute Gasteiger partial charge is 0.230 e. The zero-order chi connectivity index (χ0) is 14.1. The van der Waals surface area contributed by atoms with E-state index < -0.39 is 0 Å². The molecule has 0 spiro atoms. The number of carbonyl (C=O) groups excluding carboxylic acids is 1. The summed E-state index contributed by atoms with van der Waals surface area (Å²) in [4.78, 5) is 16.1. The summed E-state index contributed by atoms with van der Waals surface area (Å²) < 4.78 is 8.25. The predicted octanol–water partition coefficient (Wildman–Crippen LogP) is 2.56. The number of thiazole rings is 1. The van der Waals surface area contributed by atoms with E-state index in [-0.39, 0.29) is 12.3 Å². The van der Waals surface area contributed by atoms with Crippen LogP contribution < -0.4 is 11.1 Å². The van der Waals surface area contributed by atoms with Gasteiger partial charge in [0.2, 0.25) is 5.91 Å². The van der Waals surface area contributed by atoms with E-state index in [4.69, 9.17) is 17.3 Å². The summed E-state index contributed by atoms with van der Waals surface area (Å²) in [6.45, 7) is 0. The molecule has 0 aliphatic heterocycles. The van der Waals surface area contributed by atoms with Gasteiger partial charge < -0.3 is 11.1 Å². The van der Waals surface area contributed by atoms with E-state index in [0.29, 0.717) is 32.6 Å². The molecule has 2 aromatic heterocycles. The van der Waals surface area contributed by atoms with Crippen LogP contribution in [-0.4, -0.2) is 19.6 Å². The second-order valence-electron chi connectivity index (χ2n) is 3.96. The number of anilines is 2. The summed E-state index contributed by atoms with van der Waals surface area (Å²) in [5.41, 5.74) is 7.93. The molecule has 1 amide bonds. The molecule has 0 saturated heterocycles. The molecule has 6 nitrogen and oxygen atoms in total. The summed E-state index contributed by atoms with van der Waals surface area (Å²) in [5, 5.41) is 5.37. The zero-order valence-corrected chi connectivity index (χ0v) is 12.3. The van der Waals surface area contributed by atoms with Gasteiger partial charge in [-0.15, -0.1) is 11.3 Å². The summed E-state index contributed by atoms with van der Waals surface area (Å²) in [6.07, 6.45) is 0.137. The van der Waals surface area contributed by atoms with Gasteiger partial charge in [-0.05, 0) is 12.1 Å². The molecule has 1 aromatic carbocycles. The number of hydrogen-bond acceptors (Lipinski definition) is 7. The van der Waals surface area contributed by atoms with Crippen molar-refractivity contribution < 1.29 is 4.79 Å². The fraction of sp³-hybridized carbons (Fsp3) is 0.0909. The molecule has 0 aliphatic rings. The molecule has 102 valence electrons. The SMILES string of the molecule is Nc1nc(CC(=O)Nc2c(Cl)ccc3nsnc23)cs1. The largest absolute Gasteiger partial charge is 0.375 e. The van der Waals surface area contributed by atoms with Crippen molar-refractivity contribution in [1.29, 1.82) is 0 Å². The molecule has 2 heterocycles. The van der Waals surface area contributed by atoms with Crippen LogP contribution in [0.3, 0.4) is 0 Å². The van der Waals surface area contributed by atoms with Gasteiger partial charge in [0.1, 0.15) is 11.0 Å². The molecule has 0 aliphatic carbocycles. The Morgan fingerprint density at radius 2 is 2.25 bits per heavy atom. The van der Waals surface area contributed by atoms with E-state index in [9.17, 15) is 4.79 Å². The first-order valence-corrected chi connectivity index (χ1v) is 7.53. The number of nitrogens with two attached hydrogens (primary N) is 1. The molecule has 0 fully saturated rings. The van der Waals surface area contributed by atoms with Crippen LogP contribution >= 0.6 is 34.7 Å². The number of aromatic nitrogens is 3. The van der Waals surface area contributed by atoms with E-state index >= 15 is 0 Å². The average molecular weight is 326 g/mol. The predicted molar refractivity (Wildman–Crippen MR) is 81.3 cm³/mol. The van der Waals surface area contributed by atoms with Crippen molar-refractivity contribution in [3.63, 3.8) is 0 Å². The van der Waals surface area contributed by atoms with Gasteiger partial charge >= 0.3 is 0 Å². The summed E-state index contributed by atoms with van der Waals surface area (Å²) in [7, 11) is 0. The van der Waals surface area contributed by atoms with Gasteiger partial charge in [-0.1, -0.05) is 11.6 Å². The lowest BCUT2D eigenvalue weighted by atomic mass is 10.2. The maximum Gasteiger partial charge on any atom is 0.230 e. The Morgan fingerprint density at radius 1 is 1.40 bits per heavy atom. The minimum Gasteiger partial charge on any atom is -0.375 e. The van der Waals surface area contributed by atoms with Crippen LogP contribution in [0.4, 0.5) is 10.8 Å². The van der Waals surface area contributed by atoms with Gasteiger partial charge in [0.15, 0.2) is 5.13 Å². The number of benzene rings is 1. The Morgan fingerprint density at radius 3 is 3.00 bits per heavy atom. The second-order valence-corrected chi connectivity index (χ2v) is 5.78. The molecule has 0 radical (unpaired) electrons. The Labute approximate surface area is 126 Å². The summed E-state index contributed by atoms with van der Waals surface area (Å²) >= 11 is 8.47. The highest BCUT2D eigenvalue weighted by molar-refractivity contribution is 7.13. The minimum absolute atomic E-state index is 0.137. The van der Waals surface area contributed by atoms with E-state index in [2.05, 4.69) is 19.0 Å². The number of carbonyl (C=O) groups is 1. The minimum atomic E-state index is -0.224. The molecule has 3 rings (SSSR count). The zero-order valence-electron chi connectivity index (χ0n) is 9.96. The third-order valence-electron chi connectivity index (χ3n) is 2.55. The first-order chi connectivity index (χ1) is 9.63. The number of nitrogens with one attached hydrogen (secondary N) is 1. The Bertz CT molecular complexity index is 784. The third-order valence-corrected chi connectivity index (χ3v) is 4.13. The van der Waals surface area contributed by atoms with Crippen molar-refractivity contribution >= 4 is 62.4 Å².